The highest BCUT2D eigenvalue weighted by Gasteiger charge is 2.06. The van der Waals surface area contributed by atoms with Crippen molar-refractivity contribution in [2.45, 2.75) is 6.92 Å². The van der Waals surface area contributed by atoms with Gasteiger partial charge in [0.2, 0.25) is 0 Å². The number of aryl methyl sites for hydroxylation is 1. The molecular formula is C19H18N2O. The summed E-state index contributed by atoms with van der Waals surface area (Å²) in [6, 6.07) is 23.5. The van der Waals surface area contributed by atoms with Crippen molar-refractivity contribution in [1.29, 1.82) is 0 Å². The molecule has 110 valence electrons. The molecule has 0 atom stereocenters. The third kappa shape index (κ3) is 3.38. The van der Waals surface area contributed by atoms with Crippen LogP contribution < -0.4 is 15.8 Å². The molecule has 22 heavy (non-hydrogen) atoms. The van der Waals surface area contributed by atoms with Crippen molar-refractivity contribution in [2.24, 2.45) is 0 Å². The van der Waals surface area contributed by atoms with Gasteiger partial charge in [0.15, 0.2) is 5.75 Å². The highest BCUT2D eigenvalue weighted by atomic mass is 16.5. The minimum absolute atomic E-state index is 0.721. The first-order chi connectivity index (χ1) is 10.7. The highest BCUT2D eigenvalue weighted by Crippen LogP contribution is 2.32. The summed E-state index contributed by atoms with van der Waals surface area (Å²) in [7, 11) is 0. The second-order valence-electron chi connectivity index (χ2n) is 5.16. The van der Waals surface area contributed by atoms with Gasteiger partial charge in [0, 0.05) is 11.4 Å². The topological polar surface area (TPSA) is 47.3 Å². The zero-order valence-corrected chi connectivity index (χ0v) is 12.4. The van der Waals surface area contributed by atoms with Crippen LogP contribution in [0.1, 0.15) is 5.56 Å². The molecule has 3 aromatic rings. The van der Waals surface area contributed by atoms with Crippen LogP contribution in [0.15, 0.2) is 72.8 Å². The van der Waals surface area contributed by atoms with E-state index in [4.69, 9.17) is 10.5 Å². The molecule has 0 fully saturated rings. The number of anilines is 3. The van der Waals surface area contributed by atoms with E-state index in [1.54, 1.807) is 0 Å². The third-order valence-corrected chi connectivity index (χ3v) is 3.30. The van der Waals surface area contributed by atoms with Crippen molar-refractivity contribution < 1.29 is 4.74 Å². The number of rotatable bonds is 4. The molecule has 3 aromatic carbocycles. The second kappa shape index (κ2) is 6.22. The minimum Gasteiger partial charge on any atom is -0.455 e. The van der Waals surface area contributed by atoms with Gasteiger partial charge in [-0.05, 0) is 61.0 Å². The zero-order valence-electron chi connectivity index (χ0n) is 12.4. The summed E-state index contributed by atoms with van der Waals surface area (Å²) in [4.78, 5) is 0. The summed E-state index contributed by atoms with van der Waals surface area (Å²) in [5.41, 5.74) is 9.55. The Balaban J connectivity index is 1.89. The Bertz CT molecular complexity index is 752. The normalized spacial score (nSPS) is 10.2. The number of nitrogens with two attached hydrogens (primary N) is 1. The van der Waals surface area contributed by atoms with Crippen molar-refractivity contribution >= 4 is 17.1 Å². The van der Waals surface area contributed by atoms with E-state index in [-0.39, 0.29) is 0 Å². The molecular weight excluding hydrogens is 272 g/mol. The molecule has 3 nitrogen and oxygen atoms in total. The Hall–Kier alpha value is -2.94. The van der Waals surface area contributed by atoms with Crippen molar-refractivity contribution in [3.05, 3.63) is 78.4 Å². The lowest BCUT2D eigenvalue weighted by Crippen LogP contribution is -1.95. The van der Waals surface area contributed by atoms with E-state index in [1.807, 2.05) is 66.7 Å². The van der Waals surface area contributed by atoms with Gasteiger partial charge in [-0.15, -0.1) is 0 Å². The molecule has 0 amide bonds. The number of hydrogen-bond donors (Lipinski definition) is 2. The lowest BCUT2D eigenvalue weighted by molar-refractivity contribution is 0.485. The summed E-state index contributed by atoms with van der Waals surface area (Å²) in [6.45, 7) is 2.06. The second-order valence-corrected chi connectivity index (χ2v) is 5.16. The van der Waals surface area contributed by atoms with Crippen LogP contribution in [0.2, 0.25) is 0 Å². The molecule has 0 aliphatic carbocycles. The van der Waals surface area contributed by atoms with E-state index in [0.29, 0.717) is 0 Å². The van der Waals surface area contributed by atoms with E-state index in [9.17, 15) is 0 Å². The molecule has 0 bridgehead atoms. The first-order valence-corrected chi connectivity index (χ1v) is 7.17. The number of ether oxygens (including phenoxy) is 1. The number of hydrogen-bond acceptors (Lipinski definition) is 3. The molecule has 0 radical (unpaired) electrons. The van der Waals surface area contributed by atoms with E-state index >= 15 is 0 Å². The van der Waals surface area contributed by atoms with Gasteiger partial charge in [0.05, 0.1) is 5.69 Å². The standard InChI is InChI=1S/C19H18N2O/c1-14-7-12-19(22-17-10-8-15(20)9-11-17)18(13-14)21-16-5-3-2-4-6-16/h2-13,21H,20H2,1H3. The van der Waals surface area contributed by atoms with Gasteiger partial charge in [-0.25, -0.2) is 0 Å². The van der Waals surface area contributed by atoms with E-state index in [2.05, 4.69) is 18.3 Å². The maximum atomic E-state index is 5.97. The molecule has 3 heteroatoms. The van der Waals surface area contributed by atoms with Crippen LogP contribution in [0.5, 0.6) is 11.5 Å². The van der Waals surface area contributed by atoms with E-state index in [1.165, 1.54) is 5.56 Å². The molecule has 0 spiro atoms. The SMILES string of the molecule is Cc1ccc(Oc2ccc(N)cc2)c(Nc2ccccc2)c1. The predicted octanol–water partition coefficient (Wildman–Crippen LogP) is 5.11. The smallest absolute Gasteiger partial charge is 0.150 e. The number of nitrogen functional groups attached to an aromatic ring is 1. The summed E-state index contributed by atoms with van der Waals surface area (Å²) in [5.74, 6) is 1.54. The zero-order chi connectivity index (χ0) is 15.4. The van der Waals surface area contributed by atoms with Gasteiger partial charge in [-0.2, -0.15) is 0 Å². The number of para-hydroxylation sites is 1. The van der Waals surface area contributed by atoms with Gasteiger partial charge in [-0.1, -0.05) is 24.3 Å². The van der Waals surface area contributed by atoms with E-state index < -0.39 is 0 Å². The highest BCUT2D eigenvalue weighted by molar-refractivity contribution is 5.67. The predicted molar refractivity (Wildman–Crippen MR) is 91.8 cm³/mol. The van der Waals surface area contributed by atoms with Crippen molar-refractivity contribution in [2.75, 3.05) is 11.1 Å². The summed E-state index contributed by atoms with van der Waals surface area (Å²) < 4.78 is 5.97. The lowest BCUT2D eigenvalue weighted by Gasteiger charge is -2.14. The Labute approximate surface area is 130 Å². The molecule has 0 unspecified atom stereocenters. The Morgan fingerprint density at radius 2 is 1.59 bits per heavy atom. The van der Waals surface area contributed by atoms with Crippen LogP contribution in [-0.4, -0.2) is 0 Å². The van der Waals surface area contributed by atoms with Gasteiger partial charge >= 0.3 is 0 Å². The quantitative estimate of drug-likeness (QED) is 0.656. The maximum Gasteiger partial charge on any atom is 0.150 e. The van der Waals surface area contributed by atoms with Gasteiger partial charge in [0.1, 0.15) is 5.75 Å². The molecule has 0 saturated carbocycles. The fraction of sp³-hybridized carbons (Fsp3) is 0.0526. The Morgan fingerprint density at radius 1 is 0.864 bits per heavy atom. The number of benzene rings is 3. The van der Waals surface area contributed by atoms with Crippen LogP contribution >= 0.6 is 0 Å². The van der Waals surface area contributed by atoms with Crippen molar-refractivity contribution in [3.8, 4) is 11.5 Å². The summed E-state index contributed by atoms with van der Waals surface area (Å²) in [6.07, 6.45) is 0. The van der Waals surface area contributed by atoms with Crippen LogP contribution in [0.25, 0.3) is 0 Å². The molecule has 0 saturated heterocycles. The van der Waals surface area contributed by atoms with Crippen LogP contribution in [0.4, 0.5) is 17.1 Å². The average Bonchev–Trinajstić information content (AvgIpc) is 2.53. The summed E-state index contributed by atoms with van der Waals surface area (Å²) >= 11 is 0. The van der Waals surface area contributed by atoms with Gasteiger partial charge in [-0.3, -0.25) is 0 Å². The molecule has 0 aromatic heterocycles. The van der Waals surface area contributed by atoms with Gasteiger partial charge < -0.3 is 15.8 Å². The number of nitrogens with one attached hydrogen (secondary N) is 1. The fourth-order valence-corrected chi connectivity index (χ4v) is 2.17. The molecule has 0 heterocycles. The third-order valence-electron chi connectivity index (χ3n) is 3.30. The average molecular weight is 290 g/mol. The minimum atomic E-state index is 0.721. The Kier molecular flexibility index (Phi) is 3.97. The Morgan fingerprint density at radius 3 is 2.32 bits per heavy atom. The molecule has 0 aliphatic heterocycles. The molecule has 3 N–H and O–H groups in total. The lowest BCUT2D eigenvalue weighted by atomic mass is 10.2. The first-order valence-electron chi connectivity index (χ1n) is 7.17. The largest absolute Gasteiger partial charge is 0.455 e. The van der Waals surface area contributed by atoms with Crippen LogP contribution in [0.3, 0.4) is 0 Å². The molecule has 3 rings (SSSR count). The monoisotopic (exact) mass is 290 g/mol. The van der Waals surface area contributed by atoms with E-state index in [0.717, 1.165) is 28.6 Å². The summed E-state index contributed by atoms with van der Waals surface area (Å²) in [5, 5.41) is 3.40. The van der Waals surface area contributed by atoms with Crippen molar-refractivity contribution in [3.63, 3.8) is 0 Å². The maximum absolute atomic E-state index is 5.97. The van der Waals surface area contributed by atoms with Crippen molar-refractivity contribution in [1.82, 2.24) is 0 Å². The van der Waals surface area contributed by atoms with Crippen LogP contribution in [0, 0.1) is 6.92 Å². The van der Waals surface area contributed by atoms with Gasteiger partial charge in [0.25, 0.3) is 0 Å². The first kappa shape index (κ1) is 14.0. The molecule has 0 aliphatic rings. The fourth-order valence-electron chi connectivity index (χ4n) is 2.17. The van der Waals surface area contributed by atoms with Crippen LogP contribution in [-0.2, 0) is 0 Å².